The van der Waals surface area contributed by atoms with Gasteiger partial charge < -0.3 is 10.4 Å². The molecule has 1 atom stereocenters. The fraction of sp³-hybridized carbons (Fsp3) is 0.348. The van der Waals surface area contributed by atoms with Crippen molar-refractivity contribution in [2.75, 3.05) is 18.1 Å². The van der Waals surface area contributed by atoms with Crippen LogP contribution in [-0.2, 0) is 4.79 Å². The third-order valence-electron chi connectivity index (χ3n) is 4.46. The predicted molar refractivity (Wildman–Crippen MR) is 126 cm³/mol. The molecular weight excluding hydrogens is 436 g/mol. The number of hydrogen-bond donors (Lipinski definition) is 2. The van der Waals surface area contributed by atoms with Crippen molar-refractivity contribution >= 4 is 41.3 Å². The van der Waals surface area contributed by atoms with Crippen LogP contribution in [0.15, 0.2) is 48.5 Å². The van der Waals surface area contributed by atoms with Crippen LogP contribution in [-0.4, -0.2) is 52.0 Å². The standard InChI is InChI=1S/C23H27ClN2O4S/c1-3-12-26(23(30)25-20(22(28)29)15-31-13-4-2)21(27)17-9-7-8-16(14-17)18-10-5-6-11-19(18)24/h5-11,14,20H,3-4,12-13,15H2,1-2H3,(H,25,30)(H,28,29)/t20-/m0/s1. The summed E-state index contributed by atoms with van der Waals surface area (Å²) in [5.41, 5.74) is 1.87. The summed E-state index contributed by atoms with van der Waals surface area (Å²) in [6.45, 7) is 4.02. The fourth-order valence-electron chi connectivity index (χ4n) is 2.94. The molecule has 2 aromatic rings. The van der Waals surface area contributed by atoms with E-state index in [1.165, 1.54) is 11.8 Å². The Morgan fingerprint density at radius 1 is 1.10 bits per heavy atom. The van der Waals surface area contributed by atoms with Crippen LogP contribution in [0.3, 0.4) is 0 Å². The number of nitrogens with zero attached hydrogens (tertiary/aromatic N) is 1. The first-order valence-corrected chi connectivity index (χ1v) is 11.7. The number of halogens is 1. The highest BCUT2D eigenvalue weighted by Crippen LogP contribution is 2.28. The van der Waals surface area contributed by atoms with E-state index in [-0.39, 0.29) is 12.3 Å². The second kappa shape index (κ2) is 12.4. The first-order chi connectivity index (χ1) is 14.9. The van der Waals surface area contributed by atoms with Gasteiger partial charge >= 0.3 is 12.0 Å². The summed E-state index contributed by atoms with van der Waals surface area (Å²) < 4.78 is 0. The van der Waals surface area contributed by atoms with E-state index in [9.17, 15) is 19.5 Å². The van der Waals surface area contributed by atoms with Crippen molar-refractivity contribution in [1.82, 2.24) is 10.2 Å². The minimum atomic E-state index is -1.12. The zero-order valence-corrected chi connectivity index (χ0v) is 19.2. The van der Waals surface area contributed by atoms with Gasteiger partial charge in [0.1, 0.15) is 6.04 Å². The number of imide groups is 1. The van der Waals surface area contributed by atoms with Gasteiger partial charge in [-0.05, 0) is 42.4 Å². The van der Waals surface area contributed by atoms with E-state index in [1.54, 1.807) is 24.3 Å². The van der Waals surface area contributed by atoms with Gasteiger partial charge in [-0.1, -0.05) is 55.8 Å². The van der Waals surface area contributed by atoms with Gasteiger partial charge in [-0.25, -0.2) is 9.59 Å². The summed E-state index contributed by atoms with van der Waals surface area (Å²) in [4.78, 5) is 38.5. The first-order valence-electron chi connectivity index (χ1n) is 10.2. The Balaban J connectivity index is 2.23. The summed E-state index contributed by atoms with van der Waals surface area (Å²) in [7, 11) is 0. The van der Waals surface area contributed by atoms with E-state index in [0.29, 0.717) is 17.0 Å². The van der Waals surface area contributed by atoms with E-state index in [2.05, 4.69) is 5.32 Å². The maximum Gasteiger partial charge on any atom is 0.327 e. The molecule has 0 fully saturated rings. The molecule has 0 aliphatic carbocycles. The number of benzene rings is 2. The monoisotopic (exact) mass is 462 g/mol. The molecular formula is C23H27ClN2O4S. The van der Waals surface area contributed by atoms with Crippen LogP contribution in [0, 0.1) is 0 Å². The summed E-state index contributed by atoms with van der Waals surface area (Å²) >= 11 is 7.73. The second-order valence-corrected chi connectivity index (χ2v) is 8.49. The summed E-state index contributed by atoms with van der Waals surface area (Å²) in [5.74, 6) is -0.572. The molecule has 0 aromatic heterocycles. The maximum atomic E-state index is 13.1. The van der Waals surface area contributed by atoms with Crippen LogP contribution in [0.1, 0.15) is 37.0 Å². The van der Waals surface area contributed by atoms with Crippen LogP contribution < -0.4 is 5.32 Å². The molecule has 8 heteroatoms. The summed E-state index contributed by atoms with van der Waals surface area (Å²) in [6, 6.07) is 12.4. The number of urea groups is 1. The Labute approximate surface area is 192 Å². The van der Waals surface area contributed by atoms with E-state index in [1.807, 2.05) is 38.1 Å². The van der Waals surface area contributed by atoms with Crippen LogP contribution >= 0.6 is 23.4 Å². The quantitative estimate of drug-likeness (QED) is 0.476. The molecule has 0 unspecified atom stereocenters. The molecule has 166 valence electrons. The Kier molecular flexibility index (Phi) is 9.88. The Morgan fingerprint density at radius 2 is 1.84 bits per heavy atom. The number of carboxylic acids is 1. The maximum absolute atomic E-state index is 13.1. The Morgan fingerprint density at radius 3 is 2.48 bits per heavy atom. The van der Waals surface area contributed by atoms with Crippen molar-refractivity contribution in [3.8, 4) is 11.1 Å². The normalized spacial score (nSPS) is 11.6. The molecule has 0 saturated carbocycles. The number of rotatable bonds is 10. The second-order valence-electron chi connectivity index (χ2n) is 6.93. The molecule has 0 aliphatic rings. The number of hydrogen-bond acceptors (Lipinski definition) is 4. The molecule has 31 heavy (non-hydrogen) atoms. The molecule has 6 nitrogen and oxygen atoms in total. The van der Waals surface area contributed by atoms with Gasteiger partial charge in [-0.3, -0.25) is 9.69 Å². The lowest BCUT2D eigenvalue weighted by molar-refractivity contribution is -0.138. The molecule has 3 amide bonds. The van der Waals surface area contributed by atoms with Gasteiger partial charge in [0, 0.05) is 28.4 Å². The molecule has 0 aliphatic heterocycles. The zero-order chi connectivity index (χ0) is 22.8. The van der Waals surface area contributed by atoms with Crippen LogP contribution in [0.4, 0.5) is 4.79 Å². The van der Waals surface area contributed by atoms with Crippen molar-refractivity contribution in [2.45, 2.75) is 32.7 Å². The smallest absolute Gasteiger partial charge is 0.327 e. The van der Waals surface area contributed by atoms with Crippen LogP contribution in [0.5, 0.6) is 0 Å². The third kappa shape index (κ3) is 7.01. The van der Waals surface area contributed by atoms with Crippen molar-refractivity contribution in [3.05, 3.63) is 59.1 Å². The molecule has 2 N–H and O–H groups in total. The highest BCUT2D eigenvalue weighted by Gasteiger charge is 2.27. The number of carbonyl (C=O) groups excluding carboxylic acids is 2. The van der Waals surface area contributed by atoms with Gasteiger partial charge in [0.05, 0.1) is 0 Å². The van der Waals surface area contributed by atoms with Gasteiger partial charge in [0.2, 0.25) is 0 Å². The van der Waals surface area contributed by atoms with E-state index in [0.717, 1.165) is 28.2 Å². The lowest BCUT2D eigenvalue weighted by Crippen LogP contribution is -2.51. The number of amides is 3. The Bertz CT molecular complexity index is 922. The molecule has 0 heterocycles. The zero-order valence-electron chi connectivity index (χ0n) is 17.6. The minimum Gasteiger partial charge on any atom is -0.480 e. The minimum absolute atomic E-state index is 0.176. The molecule has 0 bridgehead atoms. The van der Waals surface area contributed by atoms with Gasteiger partial charge in [0.15, 0.2) is 0 Å². The topological polar surface area (TPSA) is 86.7 Å². The largest absolute Gasteiger partial charge is 0.480 e. The van der Waals surface area contributed by atoms with Gasteiger partial charge in [-0.15, -0.1) is 0 Å². The predicted octanol–water partition coefficient (Wildman–Crippen LogP) is 5.17. The average Bonchev–Trinajstić information content (AvgIpc) is 2.76. The van der Waals surface area contributed by atoms with Gasteiger partial charge in [-0.2, -0.15) is 11.8 Å². The van der Waals surface area contributed by atoms with Crippen LogP contribution in [0.2, 0.25) is 5.02 Å². The Hall–Kier alpha value is -2.51. The molecule has 0 radical (unpaired) electrons. The van der Waals surface area contributed by atoms with E-state index < -0.39 is 23.9 Å². The van der Waals surface area contributed by atoms with Crippen LogP contribution in [0.25, 0.3) is 11.1 Å². The third-order valence-corrected chi connectivity index (χ3v) is 6.06. The van der Waals surface area contributed by atoms with Crippen molar-refractivity contribution < 1.29 is 19.5 Å². The van der Waals surface area contributed by atoms with Gasteiger partial charge in [0.25, 0.3) is 5.91 Å². The molecule has 2 aromatic carbocycles. The highest BCUT2D eigenvalue weighted by molar-refractivity contribution is 7.99. The summed E-state index contributed by atoms with van der Waals surface area (Å²) in [6.07, 6.45) is 1.46. The van der Waals surface area contributed by atoms with E-state index in [4.69, 9.17) is 11.6 Å². The average molecular weight is 463 g/mol. The molecule has 0 saturated heterocycles. The number of carbonyl (C=O) groups is 3. The lowest BCUT2D eigenvalue weighted by Gasteiger charge is -2.23. The fourth-order valence-corrected chi connectivity index (χ4v) is 4.10. The number of nitrogens with one attached hydrogen (secondary N) is 1. The highest BCUT2D eigenvalue weighted by atomic mass is 35.5. The lowest BCUT2D eigenvalue weighted by atomic mass is 10.0. The van der Waals surface area contributed by atoms with Crippen molar-refractivity contribution in [3.63, 3.8) is 0 Å². The molecule has 0 spiro atoms. The summed E-state index contributed by atoms with van der Waals surface area (Å²) in [5, 5.41) is 12.5. The van der Waals surface area contributed by atoms with Crippen molar-refractivity contribution in [2.24, 2.45) is 0 Å². The van der Waals surface area contributed by atoms with E-state index >= 15 is 0 Å². The molecule has 2 rings (SSSR count). The first kappa shape index (κ1) is 24.8. The van der Waals surface area contributed by atoms with Crippen molar-refractivity contribution in [1.29, 1.82) is 0 Å². The SMILES string of the molecule is CCCSC[C@H](NC(=O)N(CCC)C(=O)c1cccc(-c2ccccc2Cl)c1)C(=O)O. The number of carboxylic acid groups (broad SMARTS) is 1. The number of thioether (sulfide) groups is 1. The number of aliphatic carboxylic acids is 1.